The number of hydrogen-bond donors (Lipinski definition) is 1. The lowest BCUT2D eigenvalue weighted by Crippen LogP contribution is -2.29. The van der Waals surface area contributed by atoms with Crippen LogP contribution in [-0.2, 0) is 19.8 Å². The molecule has 8 heteroatoms. The van der Waals surface area contributed by atoms with Crippen LogP contribution in [0.4, 0.5) is 0 Å². The van der Waals surface area contributed by atoms with E-state index in [1.54, 1.807) is 18.1 Å². The molecule has 108 valence electrons. The summed E-state index contributed by atoms with van der Waals surface area (Å²) in [5, 5.41) is 21.0. The third kappa shape index (κ3) is 2.71. The van der Waals surface area contributed by atoms with Crippen molar-refractivity contribution in [2.75, 3.05) is 13.1 Å². The highest BCUT2D eigenvalue weighted by atomic mass is 32.2. The van der Waals surface area contributed by atoms with Crippen LogP contribution in [0.3, 0.4) is 0 Å². The SMILES string of the molecule is Cn1cnnc1CSc1nnc(C2CCCNC2)n1C. The average molecular weight is 293 g/mol. The van der Waals surface area contributed by atoms with Gasteiger partial charge in [0.15, 0.2) is 5.16 Å². The van der Waals surface area contributed by atoms with Crippen molar-refractivity contribution < 1.29 is 0 Å². The number of nitrogens with one attached hydrogen (secondary N) is 1. The predicted molar refractivity (Wildman–Crippen MR) is 76.4 cm³/mol. The van der Waals surface area contributed by atoms with Gasteiger partial charge in [-0.15, -0.1) is 20.4 Å². The van der Waals surface area contributed by atoms with E-state index in [1.165, 1.54) is 12.8 Å². The quantitative estimate of drug-likeness (QED) is 0.837. The molecule has 7 nitrogen and oxygen atoms in total. The van der Waals surface area contributed by atoms with Crippen LogP contribution in [0, 0.1) is 0 Å². The normalized spacial score (nSPS) is 19.4. The van der Waals surface area contributed by atoms with E-state index >= 15 is 0 Å². The first-order valence-electron chi connectivity index (χ1n) is 6.81. The molecule has 1 saturated heterocycles. The Labute approximate surface area is 122 Å². The molecule has 0 aliphatic carbocycles. The van der Waals surface area contributed by atoms with E-state index in [0.717, 1.165) is 35.6 Å². The highest BCUT2D eigenvalue weighted by molar-refractivity contribution is 7.98. The first kappa shape index (κ1) is 13.6. The fourth-order valence-electron chi connectivity index (χ4n) is 2.45. The van der Waals surface area contributed by atoms with Crippen LogP contribution in [0.5, 0.6) is 0 Å². The maximum absolute atomic E-state index is 4.37. The van der Waals surface area contributed by atoms with Crippen LogP contribution in [-0.4, -0.2) is 42.6 Å². The summed E-state index contributed by atoms with van der Waals surface area (Å²) in [4.78, 5) is 0. The molecule has 1 aliphatic rings. The minimum atomic E-state index is 0.477. The van der Waals surface area contributed by atoms with Crippen LogP contribution in [0.15, 0.2) is 11.5 Å². The van der Waals surface area contributed by atoms with Crippen molar-refractivity contribution >= 4 is 11.8 Å². The van der Waals surface area contributed by atoms with Gasteiger partial charge >= 0.3 is 0 Å². The number of nitrogens with zero attached hydrogens (tertiary/aromatic N) is 6. The number of aryl methyl sites for hydroxylation is 1. The first-order valence-corrected chi connectivity index (χ1v) is 7.80. The second kappa shape index (κ2) is 5.92. The Morgan fingerprint density at radius 3 is 2.95 bits per heavy atom. The molecule has 1 unspecified atom stereocenters. The van der Waals surface area contributed by atoms with Gasteiger partial charge in [0.1, 0.15) is 18.0 Å². The lowest BCUT2D eigenvalue weighted by atomic mass is 9.99. The Morgan fingerprint density at radius 2 is 2.25 bits per heavy atom. The van der Waals surface area contributed by atoms with Gasteiger partial charge in [-0.05, 0) is 19.4 Å². The van der Waals surface area contributed by atoms with Crippen molar-refractivity contribution in [1.82, 2.24) is 34.8 Å². The van der Waals surface area contributed by atoms with E-state index in [4.69, 9.17) is 0 Å². The molecule has 0 bridgehead atoms. The molecule has 3 rings (SSSR count). The lowest BCUT2D eigenvalue weighted by Gasteiger charge is -2.21. The van der Waals surface area contributed by atoms with Crippen molar-refractivity contribution in [3.63, 3.8) is 0 Å². The summed E-state index contributed by atoms with van der Waals surface area (Å²) in [6, 6.07) is 0. The van der Waals surface area contributed by atoms with E-state index < -0.39 is 0 Å². The predicted octanol–water partition coefficient (Wildman–Crippen LogP) is 0.703. The molecule has 0 radical (unpaired) electrons. The second-order valence-corrected chi connectivity index (χ2v) is 6.03. The van der Waals surface area contributed by atoms with E-state index in [0.29, 0.717) is 5.92 Å². The average Bonchev–Trinajstić information content (AvgIpc) is 3.04. The van der Waals surface area contributed by atoms with Crippen LogP contribution in [0.1, 0.15) is 30.4 Å². The zero-order valence-electron chi connectivity index (χ0n) is 11.8. The molecule has 0 spiro atoms. The number of hydrogen-bond acceptors (Lipinski definition) is 6. The summed E-state index contributed by atoms with van der Waals surface area (Å²) in [6.07, 6.45) is 4.11. The fourth-order valence-corrected chi connectivity index (χ4v) is 3.35. The van der Waals surface area contributed by atoms with Gasteiger partial charge in [0.25, 0.3) is 0 Å². The largest absolute Gasteiger partial charge is 0.320 e. The molecule has 2 aromatic heterocycles. The monoisotopic (exact) mass is 293 g/mol. The van der Waals surface area contributed by atoms with E-state index in [2.05, 4.69) is 30.3 Å². The highest BCUT2D eigenvalue weighted by Crippen LogP contribution is 2.26. The lowest BCUT2D eigenvalue weighted by molar-refractivity contribution is 0.436. The molecular weight excluding hydrogens is 274 g/mol. The molecule has 2 aromatic rings. The van der Waals surface area contributed by atoms with Crippen molar-refractivity contribution in [2.24, 2.45) is 14.1 Å². The smallest absolute Gasteiger partial charge is 0.191 e. The molecular formula is C12H19N7S. The standard InChI is InChI=1S/C12H19N7S/c1-18-8-14-15-10(18)7-20-12-17-16-11(19(12)2)9-4-3-5-13-6-9/h8-9,13H,3-7H2,1-2H3. The summed E-state index contributed by atoms with van der Waals surface area (Å²) in [7, 11) is 3.99. The van der Waals surface area contributed by atoms with Gasteiger partial charge in [0.05, 0.1) is 5.75 Å². The van der Waals surface area contributed by atoms with Gasteiger partial charge in [-0.25, -0.2) is 0 Å². The van der Waals surface area contributed by atoms with E-state index in [-0.39, 0.29) is 0 Å². The fraction of sp³-hybridized carbons (Fsp3) is 0.667. The van der Waals surface area contributed by atoms with Gasteiger partial charge in [-0.1, -0.05) is 11.8 Å². The van der Waals surface area contributed by atoms with Crippen molar-refractivity contribution in [3.8, 4) is 0 Å². The first-order chi connectivity index (χ1) is 9.75. The van der Waals surface area contributed by atoms with Crippen molar-refractivity contribution in [1.29, 1.82) is 0 Å². The van der Waals surface area contributed by atoms with Crippen molar-refractivity contribution in [2.45, 2.75) is 29.7 Å². The minimum Gasteiger partial charge on any atom is -0.320 e. The zero-order valence-corrected chi connectivity index (χ0v) is 12.6. The molecule has 0 amide bonds. The maximum atomic E-state index is 4.37. The Kier molecular flexibility index (Phi) is 4.02. The Balaban J connectivity index is 1.68. The topological polar surface area (TPSA) is 73.4 Å². The molecule has 1 fully saturated rings. The van der Waals surface area contributed by atoms with Crippen LogP contribution < -0.4 is 5.32 Å². The third-order valence-electron chi connectivity index (χ3n) is 3.67. The number of piperidine rings is 1. The Bertz CT molecular complexity index is 570. The maximum Gasteiger partial charge on any atom is 0.191 e. The van der Waals surface area contributed by atoms with Crippen LogP contribution in [0.2, 0.25) is 0 Å². The summed E-state index contributed by atoms with van der Waals surface area (Å²) in [6.45, 7) is 2.11. The van der Waals surface area contributed by atoms with Gasteiger partial charge in [0, 0.05) is 26.6 Å². The molecule has 0 saturated carbocycles. The summed E-state index contributed by atoms with van der Waals surface area (Å²) < 4.78 is 4.04. The molecule has 3 heterocycles. The highest BCUT2D eigenvalue weighted by Gasteiger charge is 2.21. The van der Waals surface area contributed by atoms with Crippen molar-refractivity contribution in [3.05, 3.63) is 18.0 Å². The Hall–Kier alpha value is -1.41. The number of aromatic nitrogens is 6. The number of rotatable bonds is 4. The summed E-state index contributed by atoms with van der Waals surface area (Å²) in [5.74, 6) is 3.26. The number of thioether (sulfide) groups is 1. The summed E-state index contributed by atoms with van der Waals surface area (Å²) in [5.41, 5.74) is 0. The molecule has 1 N–H and O–H groups in total. The molecule has 1 atom stereocenters. The van der Waals surface area contributed by atoms with Gasteiger partial charge < -0.3 is 14.5 Å². The Morgan fingerprint density at radius 1 is 1.35 bits per heavy atom. The van der Waals surface area contributed by atoms with E-state index in [1.807, 2.05) is 18.7 Å². The third-order valence-corrected chi connectivity index (χ3v) is 4.68. The van der Waals surface area contributed by atoms with Gasteiger partial charge in [-0.2, -0.15) is 0 Å². The van der Waals surface area contributed by atoms with Gasteiger partial charge in [-0.3, -0.25) is 0 Å². The minimum absolute atomic E-state index is 0.477. The second-order valence-electron chi connectivity index (χ2n) is 5.09. The molecule has 1 aliphatic heterocycles. The zero-order chi connectivity index (χ0) is 13.9. The van der Waals surface area contributed by atoms with Crippen LogP contribution >= 0.6 is 11.8 Å². The van der Waals surface area contributed by atoms with Gasteiger partial charge in [0.2, 0.25) is 0 Å². The van der Waals surface area contributed by atoms with E-state index in [9.17, 15) is 0 Å². The molecule has 0 aromatic carbocycles. The molecule has 20 heavy (non-hydrogen) atoms. The summed E-state index contributed by atoms with van der Waals surface area (Å²) >= 11 is 1.65. The van der Waals surface area contributed by atoms with Crippen LogP contribution in [0.25, 0.3) is 0 Å².